The van der Waals surface area contributed by atoms with E-state index in [-0.39, 0.29) is 17.7 Å². The summed E-state index contributed by atoms with van der Waals surface area (Å²) in [4.78, 5) is 36.2. The average Bonchev–Trinajstić information content (AvgIpc) is 3.43. The minimum Gasteiger partial charge on any atom is -0.495 e. The highest BCUT2D eigenvalue weighted by atomic mass is 16.5. The van der Waals surface area contributed by atoms with Crippen molar-refractivity contribution >= 4 is 17.5 Å². The number of hydrogen-bond acceptors (Lipinski definition) is 6. The Balaban J connectivity index is 1.45. The van der Waals surface area contributed by atoms with Gasteiger partial charge < -0.3 is 15.0 Å². The summed E-state index contributed by atoms with van der Waals surface area (Å²) in [6.45, 7) is 2.96. The molecule has 0 aliphatic carbocycles. The summed E-state index contributed by atoms with van der Waals surface area (Å²) in [7, 11) is 3.34. The van der Waals surface area contributed by atoms with Gasteiger partial charge in [-0.05, 0) is 25.5 Å². The van der Waals surface area contributed by atoms with Crippen molar-refractivity contribution in [2.24, 2.45) is 7.05 Å². The Morgan fingerprint density at radius 1 is 1.23 bits per heavy atom. The van der Waals surface area contributed by atoms with Crippen LogP contribution in [0.3, 0.4) is 0 Å². The third kappa shape index (κ3) is 4.25. The van der Waals surface area contributed by atoms with Crippen molar-refractivity contribution in [3.05, 3.63) is 65.5 Å². The Labute approximate surface area is 180 Å². The molecule has 1 aliphatic rings. The second-order valence-electron chi connectivity index (χ2n) is 7.52. The lowest BCUT2D eigenvalue weighted by Crippen LogP contribution is -2.28. The number of para-hydroxylation sites is 2. The van der Waals surface area contributed by atoms with Gasteiger partial charge >= 0.3 is 0 Å². The number of ether oxygens (including phenoxy) is 1. The number of aromatic nitrogens is 4. The summed E-state index contributed by atoms with van der Waals surface area (Å²) in [5, 5.41) is 6.91. The minimum atomic E-state index is -0.298. The maximum Gasteiger partial charge on any atom is 0.259 e. The van der Waals surface area contributed by atoms with Crippen molar-refractivity contribution in [1.29, 1.82) is 0 Å². The number of anilines is 1. The number of carbonyl (C=O) groups is 2. The maximum atomic E-state index is 12.7. The van der Waals surface area contributed by atoms with Crippen LogP contribution in [0, 0.1) is 6.92 Å². The maximum absolute atomic E-state index is 12.7. The molecule has 31 heavy (non-hydrogen) atoms. The van der Waals surface area contributed by atoms with Gasteiger partial charge in [0.25, 0.3) is 11.8 Å². The number of aryl methyl sites for hydroxylation is 2. The van der Waals surface area contributed by atoms with Crippen molar-refractivity contribution in [2.45, 2.75) is 19.3 Å². The van der Waals surface area contributed by atoms with E-state index in [0.717, 1.165) is 6.42 Å². The molecule has 1 aromatic carbocycles. The first-order valence-corrected chi connectivity index (χ1v) is 10.0. The third-order valence-electron chi connectivity index (χ3n) is 5.39. The summed E-state index contributed by atoms with van der Waals surface area (Å²) < 4.78 is 6.89. The first-order chi connectivity index (χ1) is 15.0. The standard InChI is InChI=1S/C22H24N6O3/c1-14-17(21(29)26-18-6-4-5-7-19(18)31-3)11-23-20(25-14)15-8-9-28(13-15)22(30)16-10-24-27(2)12-16/h4-7,10-12,15H,8-9,13H2,1-3H3,(H,26,29). The van der Waals surface area contributed by atoms with E-state index < -0.39 is 0 Å². The van der Waals surface area contributed by atoms with Gasteiger partial charge in [-0.25, -0.2) is 9.97 Å². The molecule has 1 aliphatic heterocycles. The molecule has 2 aromatic heterocycles. The van der Waals surface area contributed by atoms with Crippen LogP contribution in [-0.4, -0.2) is 56.7 Å². The van der Waals surface area contributed by atoms with Crippen LogP contribution in [0.1, 0.15) is 44.6 Å². The summed E-state index contributed by atoms with van der Waals surface area (Å²) in [6, 6.07) is 7.21. The molecule has 0 saturated carbocycles. The molecular formula is C22H24N6O3. The van der Waals surface area contributed by atoms with Gasteiger partial charge in [-0.3, -0.25) is 14.3 Å². The van der Waals surface area contributed by atoms with Crippen LogP contribution in [0.15, 0.2) is 42.9 Å². The first-order valence-electron chi connectivity index (χ1n) is 10.0. The minimum absolute atomic E-state index is 0.0330. The fourth-order valence-corrected chi connectivity index (χ4v) is 3.71. The van der Waals surface area contributed by atoms with Crippen molar-refractivity contribution in [3.8, 4) is 5.75 Å². The smallest absolute Gasteiger partial charge is 0.259 e. The summed E-state index contributed by atoms with van der Waals surface area (Å²) in [5.41, 5.74) is 2.15. The zero-order chi connectivity index (χ0) is 22.0. The van der Waals surface area contributed by atoms with E-state index in [1.165, 1.54) is 0 Å². The van der Waals surface area contributed by atoms with Gasteiger partial charge in [0.05, 0.1) is 35.8 Å². The number of carbonyl (C=O) groups excluding carboxylic acids is 2. The Bertz CT molecular complexity index is 1130. The molecule has 0 spiro atoms. The lowest BCUT2D eigenvalue weighted by molar-refractivity contribution is 0.0790. The molecule has 0 radical (unpaired) electrons. The fraction of sp³-hybridized carbons (Fsp3) is 0.318. The van der Waals surface area contributed by atoms with E-state index in [4.69, 9.17) is 4.74 Å². The van der Waals surface area contributed by atoms with Crippen LogP contribution in [0.4, 0.5) is 5.69 Å². The molecule has 4 rings (SSSR count). The monoisotopic (exact) mass is 420 g/mol. The zero-order valence-electron chi connectivity index (χ0n) is 17.7. The second kappa shape index (κ2) is 8.55. The van der Waals surface area contributed by atoms with Crippen LogP contribution in [-0.2, 0) is 7.05 Å². The zero-order valence-corrected chi connectivity index (χ0v) is 17.7. The van der Waals surface area contributed by atoms with Crippen molar-refractivity contribution in [1.82, 2.24) is 24.6 Å². The van der Waals surface area contributed by atoms with Crippen LogP contribution in [0.5, 0.6) is 5.75 Å². The van der Waals surface area contributed by atoms with Gasteiger partial charge in [0.2, 0.25) is 0 Å². The Hall–Kier alpha value is -3.75. The van der Waals surface area contributed by atoms with Crippen LogP contribution in [0.25, 0.3) is 0 Å². The molecule has 1 saturated heterocycles. The number of benzene rings is 1. The van der Waals surface area contributed by atoms with Crippen LogP contribution in [0.2, 0.25) is 0 Å². The molecule has 0 bridgehead atoms. The number of nitrogens with one attached hydrogen (secondary N) is 1. The van der Waals surface area contributed by atoms with Crippen LogP contribution < -0.4 is 10.1 Å². The largest absolute Gasteiger partial charge is 0.495 e. The number of hydrogen-bond donors (Lipinski definition) is 1. The summed E-state index contributed by atoms with van der Waals surface area (Å²) in [5.74, 6) is 0.919. The molecule has 9 heteroatoms. The van der Waals surface area contributed by atoms with E-state index in [1.54, 1.807) is 61.4 Å². The number of methoxy groups -OCH3 is 1. The van der Waals surface area contributed by atoms with E-state index in [1.807, 2.05) is 12.1 Å². The lowest BCUT2D eigenvalue weighted by atomic mass is 10.1. The first kappa shape index (κ1) is 20.5. The topological polar surface area (TPSA) is 102 Å². The molecule has 1 unspecified atom stereocenters. The molecule has 9 nitrogen and oxygen atoms in total. The predicted molar refractivity (Wildman–Crippen MR) is 114 cm³/mol. The van der Waals surface area contributed by atoms with Gasteiger partial charge in [-0.2, -0.15) is 5.10 Å². The van der Waals surface area contributed by atoms with E-state index in [9.17, 15) is 9.59 Å². The van der Waals surface area contributed by atoms with Crippen LogP contribution >= 0.6 is 0 Å². The van der Waals surface area contributed by atoms with Crippen molar-refractivity contribution in [2.75, 3.05) is 25.5 Å². The molecule has 160 valence electrons. The molecular weight excluding hydrogens is 396 g/mol. The highest BCUT2D eigenvalue weighted by Gasteiger charge is 2.30. The van der Waals surface area contributed by atoms with E-state index in [2.05, 4.69) is 20.4 Å². The third-order valence-corrected chi connectivity index (χ3v) is 5.39. The lowest BCUT2D eigenvalue weighted by Gasteiger charge is -2.15. The molecule has 3 heterocycles. The Kier molecular flexibility index (Phi) is 5.66. The number of nitrogens with zero attached hydrogens (tertiary/aromatic N) is 5. The molecule has 1 fully saturated rings. The van der Waals surface area contributed by atoms with E-state index in [0.29, 0.717) is 47.2 Å². The average molecular weight is 420 g/mol. The van der Waals surface area contributed by atoms with Crippen molar-refractivity contribution < 1.29 is 14.3 Å². The highest BCUT2D eigenvalue weighted by molar-refractivity contribution is 6.05. The molecule has 3 aromatic rings. The summed E-state index contributed by atoms with van der Waals surface area (Å²) >= 11 is 0. The predicted octanol–water partition coefficient (Wildman–Crippen LogP) is 2.41. The van der Waals surface area contributed by atoms with Crippen molar-refractivity contribution in [3.63, 3.8) is 0 Å². The molecule has 1 N–H and O–H groups in total. The second-order valence-corrected chi connectivity index (χ2v) is 7.52. The summed E-state index contributed by atoms with van der Waals surface area (Å²) in [6.07, 6.45) is 5.61. The van der Waals surface area contributed by atoms with Gasteiger partial charge in [-0.1, -0.05) is 12.1 Å². The molecule has 1 atom stereocenters. The Morgan fingerprint density at radius 2 is 2.03 bits per heavy atom. The highest BCUT2D eigenvalue weighted by Crippen LogP contribution is 2.27. The fourth-order valence-electron chi connectivity index (χ4n) is 3.71. The number of likely N-dealkylation sites (tertiary alicyclic amines) is 1. The normalized spacial score (nSPS) is 15.7. The van der Waals surface area contributed by atoms with E-state index >= 15 is 0 Å². The van der Waals surface area contributed by atoms with Gasteiger partial charge in [0.15, 0.2) is 0 Å². The quantitative estimate of drug-likeness (QED) is 0.680. The van der Waals surface area contributed by atoms with Gasteiger partial charge in [0.1, 0.15) is 11.6 Å². The molecule has 2 amide bonds. The SMILES string of the molecule is COc1ccccc1NC(=O)c1cnc(C2CCN(C(=O)c3cnn(C)c3)C2)nc1C. The number of rotatable bonds is 5. The van der Waals surface area contributed by atoms with Gasteiger partial charge in [-0.15, -0.1) is 0 Å². The number of amides is 2. The Morgan fingerprint density at radius 3 is 2.74 bits per heavy atom. The van der Waals surface area contributed by atoms with Gasteiger partial charge in [0, 0.05) is 38.4 Å².